The molecule has 17 heavy (non-hydrogen) atoms. The van der Waals surface area contributed by atoms with E-state index in [1.807, 2.05) is 4.90 Å². The van der Waals surface area contributed by atoms with Gasteiger partial charge in [-0.3, -0.25) is 9.59 Å². The van der Waals surface area contributed by atoms with Crippen LogP contribution in [0.25, 0.3) is 0 Å². The number of halogens is 1. The van der Waals surface area contributed by atoms with Crippen LogP contribution < -0.4 is 5.43 Å². The summed E-state index contributed by atoms with van der Waals surface area (Å²) in [5, 5.41) is 0.767. The van der Waals surface area contributed by atoms with Gasteiger partial charge in [0.2, 0.25) is 0 Å². The highest BCUT2D eigenvalue weighted by Gasteiger charge is 2.27. The summed E-state index contributed by atoms with van der Waals surface area (Å²) in [5.74, 6) is -0.156. The Labute approximate surface area is 108 Å². The molecule has 1 aliphatic heterocycles. The van der Waals surface area contributed by atoms with Crippen LogP contribution >= 0.6 is 15.9 Å². The van der Waals surface area contributed by atoms with E-state index in [1.165, 1.54) is 18.5 Å². The maximum Gasteiger partial charge on any atom is 0.259 e. The molecule has 0 radical (unpaired) electrons. The fourth-order valence-corrected chi connectivity index (χ4v) is 2.84. The van der Waals surface area contributed by atoms with Crippen molar-refractivity contribution in [3.63, 3.8) is 0 Å². The number of H-pyrrole nitrogens is 1. The first-order chi connectivity index (χ1) is 8.24. The Hall–Kier alpha value is -1.10. The number of hydrogen-bond donors (Lipinski definition) is 1. The fraction of sp³-hybridized carbons (Fsp3) is 0.500. The molecule has 0 bridgehead atoms. The smallest absolute Gasteiger partial charge is 0.259 e. The summed E-state index contributed by atoms with van der Waals surface area (Å²) < 4.78 is 0. The zero-order valence-corrected chi connectivity index (χ0v) is 11.1. The van der Waals surface area contributed by atoms with E-state index in [-0.39, 0.29) is 22.9 Å². The molecule has 2 rings (SSSR count). The lowest BCUT2D eigenvalue weighted by Crippen LogP contribution is -2.45. The average molecular weight is 299 g/mol. The summed E-state index contributed by atoms with van der Waals surface area (Å²) in [6.45, 7) is 0.740. The number of hydrogen-bond acceptors (Lipinski definition) is 2. The van der Waals surface area contributed by atoms with Crippen LogP contribution in [0.15, 0.2) is 23.3 Å². The van der Waals surface area contributed by atoms with Gasteiger partial charge in [0.05, 0.1) is 0 Å². The highest BCUT2D eigenvalue weighted by Crippen LogP contribution is 2.20. The standard InChI is InChI=1S/C12H15BrN2O2/c13-7-9-3-1-2-6-15(9)12(17)10-8-14-5-4-11(10)16/h4-5,8-9H,1-3,6-7H2,(H,14,16). The van der Waals surface area contributed by atoms with Crippen LogP contribution in [0.1, 0.15) is 29.6 Å². The van der Waals surface area contributed by atoms with Gasteiger partial charge in [-0.2, -0.15) is 0 Å². The second-order valence-electron chi connectivity index (χ2n) is 4.22. The molecule has 2 heterocycles. The summed E-state index contributed by atoms with van der Waals surface area (Å²) in [4.78, 5) is 28.5. The van der Waals surface area contributed by atoms with Crippen LogP contribution in [-0.4, -0.2) is 33.7 Å². The molecule has 92 valence electrons. The monoisotopic (exact) mass is 298 g/mol. The largest absolute Gasteiger partial charge is 0.367 e. The Kier molecular flexibility index (Phi) is 3.99. The van der Waals surface area contributed by atoms with E-state index < -0.39 is 0 Å². The number of nitrogens with one attached hydrogen (secondary N) is 1. The molecule has 1 aromatic heterocycles. The number of aromatic nitrogens is 1. The van der Waals surface area contributed by atoms with Crippen LogP contribution in [-0.2, 0) is 0 Å². The quantitative estimate of drug-likeness (QED) is 0.846. The number of aromatic amines is 1. The van der Waals surface area contributed by atoms with Crippen molar-refractivity contribution in [3.05, 3.63) is 34.2 Å². The molecular weight excluding hydrogens is 284 g/mol. The van der Waals surface area contributed by atoms with Gasteiger partial charge in [0, 0.05) is 36.4 Å². The Bertz CT molecular complexity index is 458. The third kappa shape index (κ3) is 2.60. The lowest BCUT2D eigenvalue weighted by molar-refractivity contribution is 0.0640. The summed E-state index contributed by atoms with van der Waals surface area (Å²) in [5.41, 5.74) is 0.0213. The molecule has 4 nitrogen and oxygen atoms in total. The Morgan fingerprint density at radius 2 is 2.35 bits per heavy atom. The van der Waals surface area contributed by atoms with Crippen LogP contribution in [0.2, 0.25) is 0 Å². The number of alkyl halides is 1. The van der Waals surface area contributed by atoms with E-state index in [9.17, 15) is 9.59 Å². The van der Waals surface area contributed by atoms with Crippen molar-refractivity contribution < 1.29 is 4.79 Å². The fourth-order valence-electron chi connectivity index (χ4n) is 2.17. The molecular formula is C12H15BrN2O2. The molecule has 1 unspecified atom stereocenters. The van der Waals surface area contributed by atoms with Crippen LogP contribution in [0.3, 0.4) is 0 Å². The van der Waals surface area contributed by atoms with Crippen molar-refractivity contribution in [2.75, 3.05) is 11.9 Å². The zero-order chi connectivity index (χ0) is 12.3. The van der Waals surface area contributed by atoms with Crippen molar-refractivity contribution in [1.29, 1.82) is 0 Å². The molecule has 1 fully saturated rings. The average Bonchev–Trinajstić information content (AvgIpc) is 2.38. The Balaban J connectivity index is 2.24. The number of carbonyl (C=O) groups is 1. The molecule has 0 aliphatic carbocycles. The second kappa shape index (κ2) is 5.49. The minimum atomic E-state index is -0.215. The summed E-state index contributed by atoms with van der Waals surface area (Å²) in [6.07, 6.45) is 6.19. The maximum atomic E-state index is 12.3. The van der Waals surface area contributed by atoms with Gasteiger partial charge in [-0.1, -0.05) is 15.9 Å². The van der Waals surface area contributed by atoms with E-state index in [1.54, 1.807) is 0 Å². The van der Waals surface area contributed by atoms with Crippen molar-refractivity contribution in [2.45, 2.75) is 25.3 Å². The van der Waals surface area contributed by atoms with Crippen molar-refractivity contribution in [2.24, 2.45) is 0 Å². The number of pyridine rings is 1. The van der Waals surface area contributed by atoms with Crippen molar-refractivity contribution in [1.82, 2.24) is 9.88 Å². The highest BCUT2D eigenvalue weighted by atomic mass is 79.9. The number of carbonyl (C=O) groups excluding carboxylic acids is 1. The van der Waals surface area contributed by atoms with E-state index in [4.69, 9.17) is 0 Å². The van der Waals surface area contributed by atoms with Gasteiger partial charge < -0.3 is 9.88 Å². The molecule has 1 atom stereocenters. The lowest BCUT2D eigenvalue weighted by Gasteiger charge is -2.34. The third-order valence-electron chi connectivity index (χ3n) is 3.12. The van der Waals surface area contributed by atoms with Gasteiger partial charge in [-0.25, -0.2) is 0 Å². The van der Waals surface area contributed by atoms with E-state index in [2.05, 4.69) is 20.9 Å². The van der Waals surface area contributed by atoms with Gasteiger partial charge in [0.1, 0.15) is 5.56 Å². The number of rotatable bonds is 2. The second-order valence-corrected chi connectivity index (χ2v) is 4.87. The first-order valence-corrected chi connectivity index (χ1v) is 6.90. The number of amides is 1. The van der Waals surface area contributed by atoms with Crippen molar-refractivity contribution in [3.8, 4) is 0 Å². The molecule has 1 aliphatic rings. The van der Waals surface area contributed by atoms with Crippen LogP contribution in [0, 0.1) is 0 Å². The lowest BCUT2D eigenvalue weighted by atomic mass is 10.0. The maximum absolute atomic E-state index is 12.3. The zero-order valence-electron chi connectivity index (χ0n) is 9.49. The van der Waals surface area contributed by atoms with Crippen LogP contribution in [0.4, 0.5) is 0 Å². The van der Waals surface area contributed by atoms with Crippen molar-refractivity contribution >= 4 is 21.8 Å². The minimum Gasteiger partial charge on any atom is -0.367 e. The van der Waals surface area contributed by atoms with Gasteiger partial charge in [-0.15, -0.1) is 0 Å². The first-order valence-electron chi connectivity index (χ1n) is 5.78. The Morgan fingerprint density at radius 1 is 1.53 bits per heavy atom. The van der Waals surface area contributed by atoms with Gasteiger partial charge in [-0.05, 0) is 19.3 Å². The van der Waals surface area contributed by atoms with E-state index >= 15 is 0 Å². The van der Waals surface area contributed by atoms with E-state index in [0.717, 1.165) is 31.1 Å². The first kappa shape index (κ1) is 12.4. The molecule has 0 spiro atoms. The third-order valence-corrected chi connectivity index (χ3v) is 3.87. The SMILES string of the molecule is O=C(c1c[nH]ccc1=O)N1CCCCC1CBr. The molecule has 1 N–H and O–H groups in total. The van der Waals surface area contributed by atoms with Gasteiger partial charge in [0.25, 0.3) is 5.91 Å². The number of nitrogens with zero attached hydrogens (tertiary/aromatic N) is 1. The molecule has 1 aromatic rings. The van der Waals surface area contributed by atoms with E-state index in [0.29, 0.717) is 0 Å². The van der Waals surface area contributed by atoms with Gasteiger partial charge >= 0.3 is 0 Å². The molecule has 0 aromatic carbocycles. The molecule has 0 saturated carbocycles. The molecule has 5 heteroatoms. The minimum absolute atomic E-state index is 0.156. The topological polar surface area (TPSA) is 53.2 Å². The predicted molar refractivity (Wildman–Crippen MR) is 69.5 cm³/mol. The summed E-state index contributed by atoms with van der Waals surface area (Å²) >= 11 is 3.43. The molecule has 1 amide bonds. The summed E-state index contributed by atoms with van der Waals surface area (Å²) in [7, 11) is 0. The highest BCUT2D eigenvalue weighted by molar-refractivity contribution is 9.09. The predicted octanol–water partition coefficient (Wildman–Crippen LogP) is 1.76. The number of likely N-dealkylation sites (tertiary alicyclic amines) is 1. The van der Waals surface area contributed by atoms with Crippen LogP contribution in [0.5, 0.6) is 0 Å². The Morgan fingerprint density at radius 3 is 3.06 bits per heavy atom. The number of piperidine rings is 1. The van der Waals surface area contributed by atoms with Gasteiger partial charge in [0.15, 0.2) is 5.43 Å². The normalized spacial score (nSPS) is 20.3. The summed E-state index contributed by atoms with van der Waals surface area (Å²) in [6, 6.07) is 1.59. The molecule has 1 saturated heterocycles.